The lowest BCUT2D eigenvalue weighted by atomic mass is 9.97. The first-order valence-corrected chi connectivity index (χ1v) is 7.01. The van der Waals surface area contributed by atoms with E-state index in [2.05, 4.69) is 4.98 Å². The minimum atomic E-state index is -0.773. The molecule has 1 aromatic carbocycles. The van der Waals surface area contributed by atoms with Gasteiger partial charge in [0.25, 0.3) is 5.91 Å². The molecule has 1 aliphatic rings. The molecule has 0 bridgehead atoms. The fraction of sp³-hybridized carbons (Fsp3) is 0.400. The van der Waals surface area contributed by atoms with Crippen molar-refractivity contribution >= 4 is 22.9 Å². The molecule has 1 N–H and O–H groups in total. The van der Waals surface area contributed by atoms with Gasteiger partial charge in [0.05, 0.1) is 17.0 Å². The van der Waals surface area contributed by atoms with Crippen LogP contribution in [0.4, 0.5) is 0 Å². The Kier molecular flexibility index (Phi) is 3.37. The number of nitrogens with zero attached hydrogens (tertiary/aromatic N) is 3. The van der Waals surface area contributed by atoms with Gasteiger partial charge < -0.3 is 14.6 Å². The molecule has 6 nitrogen and oxygen atoms in total. The average molecular weight is 287 g/mol. The van der Waals surface area contributed by atoms with Crippen molar-refractivity contribution in [2.24, 2.45) is 13.0 Å². The molecule has 2 heterocycles. The number of piperidine rings is 1. The largest absolute Gasteiger partial charge is 0.481 e. The summed E-state index contributed by atoms with van der Waals surface area (Å²) >= 11 is 0. The van der Waals surface area contributed by atoms with E-state index in [1.807, 2.05) is 31.3 Å². The Hall–Kier alpha value is -2.37. The number of likely N-dealkylation sites (tertiary alicyclic amines) is 1. The van der Waals surface area contributed by atoms with E-state index in [-0.39, 0.29) is 11.8 Å². The maximum atomic E-state index is 12.6. The monoisotopic (exact) mass is 287 g/mol. The van der Waals surface area contributed by atoms with E-state index in [1.54, 1.807) is 9.47 Å². The molecule has 0 saturated carbocycles. The Balaban J connectivity index is 1.82. The van der Waals surface area contributed by atoms with E-state index in [1.165, 1.54) is 0 Å². The van der Waals surface area contributed by atoms with Gasteiger partial charge >= 0.3 is 5.97 Å². The van der Waals surface area contributed by atoms with E-state index < -0.39 is 5.97 Å². The van der Waals surface area contributed by atoms with Crippen molar-refractivity contribution in [1.29, 1.82) is 0 Å². The predicted octanol–water partition coefficient (Wildman–Crippen LogP) is 1.51. The molecule has 6 heteroatoms. The van der Waals surface area contributed by atoms with Gasteiger partial charge in [0.15, 0.2) is 5.82 Å². The number of fused-ring (bicyclic) bond motifs is 1. The van der Waals surface area contributed by atoms with Gasteiger partial charge in [-0.15, -0.1) is 0 Å². The third-order valence-corrected chi connectivity index (χ3v) is 4.11. The molecule has 1 aromatic heterocycles. The summed E-state index contributed by atoms with van der Waals surface area (Å²) in [5.41, 5.74) is 1.71. The van der Waals surface area contributed by atoms with Crippen LogP contribution in [0.15, 0.2) is 24.3 Å². The zero-order chi connectivity index (χ0) is 15.0. The van der Waals surface area contributed by atoms with Crippen LogP contribution >= 0.6 is 0 Å². The summed E-state index contributed by atoms with van der Waals surface area (Å²) in [6, 6.07) is 7.61. The molecule has 1 amide bonds. The summed E-state index contributed by atoms with van der Waals surface area (Å²) in [5, 5.41) is 9.00. The molecule has 110 valence electrons. The number of imidazole rings is 1. The number of aryl methyl sites for hydroxylation is 1. The van der Waals surface area contributed by atoms with Crippen molar-refractivity contribution < 1.29 is 14.7 Å². The molecule has 2 aromatic rings. The first kappa shape index (κ1) is 13.6. The Morgan fingerprint density at radius 1 is 1.24 bits per heavy atom. The number of para-hydroxylation sites is 2. The van der Waals surface area contributed by atoms with E-state index >= 15 is 0 Å². The molecule has 1 fully saturated rings. The molecular formula is C15H17N3O3. The average Bonchev–Trinajstić information content (AvgIpc) is 2.84. The lowest BCUT2D eigenvalue weighted by molar-refractivity contribution is -0.143. The Morgan fingerprint density at radius 2 is 1.90 bits per heavy atom. The van der Waals surface area contributed by atoms with Gasteiger partial charge in [-0.25, -0.2) is 4.98 Å². The molecule has 0 aliphatic carbocycles. The highest BCUT2D eigenvalue weighted by Gasteiger charge is 2.29. The number of hydrogen-bond donors (Lipinski definition) is 1. The summed E-state index contributed by atoms with van der Waals surface area (Å²) in [6.45, 7) is 0.942. The Bertz CT molecular complexity index is 699. The zero-order valence-corrected chi connectivity index (χ0v) is 11.8. The number of carbonyl (C=O) groups excluding carboxylic acids is 1. The lowest BCUT2D eigenvalue weighted by Gasteiger charge is -2.29. The number of rotatable bonds is 2. The van der Waals surface area contributed by atoms with Gasteiger partial charge in [-0.1, -0.05) is 12.1 Å². The number of carboxylic acid groups (broad SMARTS) is 1. The quantitative estimate of drug-likeness (QED) is 0.908. The Labute approximate surface area is 122 Å². The van der Waals surface area contributed by atoms with Gasteiger partial charge in [-0.2, -0.15) is 0 Å². The molecule has 1 aliphatic heterocycles. The smallest absolute Gasteiger partial charge is 0.306 e. The molecule has 3 rings (SSSR count). The van der Waals surface area contributed by atoms with Crippen molar-refractivity contribution in [3.63, 3.8) is 0 Å². The number of hydrogen-bond acceptors (Lipinski definition) is 3. The maximum absolute atomic E-state index is 12.6. The van der Waals surface area contributed by atoms with Crippen molar-refractivity contribution in [3.8, 4) is 0 Å². The SMILES string of the molecule is Cn1c(C(=O)N2CCC(C(=O)O)CC2)nc2ccccc21. The fourth-order valence-electron chi connectivity index (χ4n) is 2.81. The first-order chi connectivity index (χ1) is 10.1. The van der Waals surface area contributed by atoms with Crippen LogP contribution in [-0.2, 0) is 11.8 Å². The fourth-order valence-corrected chi connectivity index (χ4v) is 2.81. The van der Waals surface area contributed by atoms with Crippen LogP contribution in [0.2, 0.25) is 0 Å². The number of benzene rings is 1. The number of aliphatic carboxylic acids is 1. The summed E-state index contributed by atoms with van der Waals surface area (Å²) < 4.78 is 1.79. The molecular weight excluding hydrogens is 270 g/mol. The second-order valence-electron chi connectivity index (χ2n) is 5.39. The third kappa shape index (κ3) is 2.37. The van der Waals surface area contributed by atoms with Crippen LogP contribution in [0.3, 0.4) is 0 Å². The Morgan fingerprint density at radius 3 is 2.52 bits per heavy atom. The van der Waals surface area contributed by atoms with E-state index in [0.717, 1.165) is 11.0 Å². The second kappa shape index (κ2) is 5.20. The predicted molar refractivity (Wildman–Crippen MR) is 77.0 cm³/mol. The second-order valence-corrected chi connectivity index (χ2v) is 5.39. The van der Waals surface area contributed by atoms with Crippen LogP contribution in [0.1, 0.15) is 23.5 Å². The van der Waals surface area contributed by atoms with Crippen LogP contribution in [0, 0.1) is 5.92 Å². The zero-order valence-electron chi connectivity index (χ0n) is 11.8. The molecule has 0 spiro atoms. The molecule has 0 radical (unpaired) electrons. The highest BCUT2D eigenvalue weighted by atomic mass is 16.4. The van der Waals surface area contributed by atoms with Gasteiger partial charge in [0.1, 0.15) is 0 Å². The first-order valence-electron chi connectivity index (χ1n) is 7.01. The molecule has 21 heavy (non-hydrogen) atoms. The van der Waals surface area contributed by atoms with Gasteiger partial charge in [0, 0.05) is 20.1 Å². The van der Waals surface area contributed by atoms with Gasteiger partial charge in [-0.3, -0.25) is 9.59 Å². The van der Waals surface area contributed by atoms with Crippen LogP contribution in [-0.4, -0.2) is 44.5 Å². The molecule has 0 unspecified atom stereocenters. The van der Waals surface area contributed by atoms with Crippen molar-refractivity contribution in [2.45, 2.75) is 12.8 Å². The summed E-state index contributed by atoms with van der Waals surface area (Å²) in [6.07, 6.45) is 1.01. The van der Waals surface area contributed by atoms with Gasteiger partial charge in [-0.05, 0) is 25.0 Å². The van der Waals surface area contributed by atoms with Crippen molar-refractivity contribution in [3.05, 3.63) is 30.1 Å². The van der Waals surface area contributed by atoms with E-state index in [9.17, 15) is 9.59 Å². The van der Waals surface area contributed by atoms with Crippen LogP contribution in [0.25, 0.3) is 11.0 Å². The molecule has 1 saturated heterocycles. The molecule has 0 atom stereocenters. The van der Waals surface area contributed by atoms with E-state index in [0.29, 0.717) is 31.8 Å². The minimum Gasteiger partial charge on any atom is -0.481 e. The third-order valence-electron chi connectivity index (χ3n) is 4.11. The van der Waals surface area contributed by atoms with Gasteiger partial charge in [0.2, 0.25) is 0 Å². The highest BCUT2D eigenvalue weighted by Crippen LogP contribution is 2.21. The standard InChI is InChI=1S/C15H17N3O3/c1-17-12-5-3-2-4-11(12)16-13(17)14(19)18-8-6-10(7-9-18)15(20)21/h2-5,10H,6-9H2,1H3,(H,20,21). The highest BCUT2D eigenvalue weighted by molar-refractivity contribution is 5.95. The van der Waals surface area contributed by atoms with E-state index in [4.69, 9.17) is 5.11 Å². The summed E-state index contributed by atoms with van der Waals surface area (Å²) in [7, 11) is 1.83. The van der Waals surface area contributed by atoms with Crippen molar-refractivity contribution in [1.82, 2.24) is 14.5 Å². The lowest BCUT2D eigenvalue weighted by Crippen LogP contribution is -2.41. The van der Waals surface area contributed by atoms with Crippen LogP contribution in [0.5, 0.6) is 0 Å². The number of amides is 1. The summed E-state index contributed by atoms with van der Waals surface area (Å²) in [5.74, 6) is -0.832. The number of carbonyl (C=O) groups is 2. The van der Waals surface area contributed by atoms with Crippen molar-refractivity contribution in [2.75, 3.05) is 13.1 Å². The normalized spacial score (nSPS) is 16.3. The number of aromatic nitrogens is 2. The number of carboxylic acids is 1. The topological polar surface area (TPSA) is 75.4 Å². The maximum Gasteiger partial charge on any atom is 0.306 e. The summed E-state index contributed by atoms with van der Waals surface area (Å²) in [4.78, 5) is 29.6. The minimum absolute atomic E-state index is 0.127. The van der Waals surface area contributed by atoms with Crippen LogP contribution < -0.4 is 0 Å².